The molecule has 1 unspecified atom stereocenters. The second-order valence-electron chi connectivity index (χ2n) is 5.51. The quantitative estimate of drug-likeness (QED) is 0.592. The van der Waals surface area contributed by atoms with Crippen LogP contribution < -0.4 is 0 Å². The third-order valence-corrected chi connectivity index (χ3v) is 3.84. The number of hydrogen-bond acceptors (Lipinski definition) is 2. The summed E-state index contributed by atoms with van der Waals surface area (Å²) in [5.74, 6) is 3.72. The van der Waals surface area contributed by atoms with E-state index in [9.17, 15) is 9.59 Å². The number of carbonyl (C=O) groups excluding carboxylic acids is 1. The summed E-state index contributed by atoms with van der Waals surface area (Å²) in [6, 6.07) is 17.2. The molecule has 0 heterocycles. The van der Waals surface area contributed by atoms with Crippen molar-refractivity contribution in [3.8, 4) is 23.0 Å². The number of ketones is 1. The molecule has 0 saturated heterocycles. The maximum Gasteiger partial charge on any atom is 0.306 e. The van der Waals surface area contributed by atoms with Gasteiger partial charge in [0.2, 0.25) is 0 Å². The molecule has 2 aromatic rings. The Hall–Kier alpha value is -2.86. The monoisotopic (exact) mass is 336 g/mol. The fourth-order valence-electron chi connectivity index (χ4n) is 2.23. The first-order chi connectivity index (χ1) is 12.0. The van der Waals surface area contributed by atoms with E-state index >= 15 is 0 Å². The largest absolute Gasteiger partial charge is 0.481 e. The Bertz CT molecular complexity index is 728. The van der Waals surface area contributed by atoms with Crippen LogP contribution in [0.4, 0.5) is 0 Å². The van der Waals surface area contributed by atoms with Crippen LogP contribution in [0.25, 0.3) is 11.1 Å². The predicted molar refractivity (Wildman–Crippen MR) is 101 cm³/mol. The highest BCUT2D eigenvalue weighted by Gasteiger charge is 2.19. The second-order valence-corrected chi connectivity index (χ2v) is 5.51. The number of carbonyl (C=O) groups is 2. The molecule has 0 aliphatic carbocycles. The van der Waals surface area contributed by atoms with E-state index < -0.39 is 11.9 Å². The molecule has 2 aromatic carbocycles. The van der Waals surface area contributed by atoms with Gasteiger partial charge in [-0.15, -0.1) is 11.8 Å². The molecular formula is C22H24O3. The molecule has 130 valence electrons. The van der Waals surface area contributed by atoms with Crippen LogP contribution in [0.15, 0.2) is 54.6 Å². The van der Waals surface area contributed by atoms with Crippen LogP contribution in [0.1, 0.15) is 44.0 Å². The third kappa shape index (κ3) is 6.64. The van der Waals surface area contributed by atoms with Crippen molar-refractivity contribution in [2.45, 2.75) is 33.6 Å². The Morgan fingerprint density at radius 2 is 1.44 bits per heavy atom. The Morgan fingerprint density at radius 3 is 1.88 bits per heavy atom. The molecule has 1 atom stereocenters. The van der Waals surface area contributed by atoms with Crippen molar-refractivity contribution in [1.82, 2.24) is 0 Å². The van der Waals surface area contributed by atoms with E-state index in [1.54, 1.807) is 19.1 Å². The van der Waals surface area contributed by atoms with E-state index in [0.717, 1.165) is 11.1 Å². The molecule has 0 fully saturated rings. The highest BCUT2D eigenvalue weighted by molar-refractivity contribution is 5.98. The van der Waals surface area contributed by atoms with E-state index in [4.69, 9.17) is 5.11 Å². The van der Waals surface area contributed by atoms with Gasteiger partial charge in [-0.1, -0.05) is 61.5 Å². The van der Waals surface area contributed by atoms with Crippen LogP contribution in [-0.4, -0.2) is 16.9 Å². The van der Waals surface area contributed by atoms with E-state index in [1.165, 1.54) is 0 Å². The molecule has 2 rings (SSSR count). The smallest absolute Gasteiger partial charge is 0.306 e. The Morgan fingerprint density at radius 1 is 0.920 bits per heavy atom. The SMILES string of the molecule is CC#CC.CCC(CC(=O)c1ccc(-c2ccccc2)cc1)C(=O)O. The van der Waals surface area contributed by atoms with Gasteiger partial charge in [-0.2, -0.15) is 0 Å². The van der Waals surface area contributed by atoms with E-state index in [-0.39, 0.29) is 12.2 Å². The number of rotatable bonds is 6. The van der Waals surface area contributed by atoms with Crippen LogP contribution >= 0.6 is 0 Å². The molecule has 3 nitrogen and oxygen atoms in total. The van der Waals surface area contributed by atoms with Gasteiger partial charge in [-0.05, 0) is 31.4 Å². The average molecular weight is 336 g/mol. The number of aliphatic carboxylic acids is 1. The van der Waals surface area contributed by atoms with Crippen molar-refractivity contribution in [3.05, 3.63) is 60.2 Å². The summed E-state index contributed by atoms with van der Waals surface area (Å²) in [5, 5.41) is 9.01. The first kappa shape index (κ1) is 20.2. The lowest BCUT2D eigenvalue weighted by Gasteiger charge is -2.09. The highest BCUT2D eigenvalue weighted by Crippen LogP contribution is 2.21. The predicted octanol–water partition coefficient (Wildman–Crippen LogP) is 5.07. The molecule has 0 radical (unpaired) electrons. The maximum atomic E-state index is 12.1. The number of carboxylic acid groups (broad SMARTS) is 1. The van der Waals surface area contributed by atoms with E-state index in [1.807, 2.05) is 56.3 Å². The lowest BCUT2D eigenvalue weighted by molar-refractivity contribution is -0.141. The first-order valence-electron chi connectivity index (χ1n) is 8.28. The Kier molecular flexibility index (Phi) is 8.74. The van der Waals surface area contributed by atoms with Gasteiger partial charge in [0.1, 0.15) is 0 Å². The van der Waals surface area contributed by atoms with Crippen LogP contribution in [0.3, 0.4) is 0 Å². The maximum absolute atomic E-state index is 12.1. The van der Waals surface area contributed by atoms with Crippen molar-refractivity contribution >= 4 is 11.8 Å². The van der Waals surface area contributed by atoms with Gasteiger partial charge in [0.05, 0.1) is 5.92 Å². The number of benzene rings is 2. The number of Topliss-reactive ketones (excluding diaryl/α,β-unsaturated/α-hetero) is 1. The summed E-state index contributed by atoms with van der Waals surface area (Å²) >= 11 is 0. The minimum Gasteiger partial charge on any atom is -0.481 e. The molecule has 3 heteroatoms. The summed E-state index contributed by atoms with van der Waals surface area (Å²) in [5.41, 5.74) is 2.69. The molecule has 0 aliphatic rings. The molecule has 0 amide bonds. The van der Waals surface area contributed by atoms with Gasteiger partial charge in [-0.3, -0.25) is 9.59 Å². The minimum atomic E-state index is -0.910. The zero-order valence-electron chi connectivity index (χ0n) is 15.0. The fourth-order valence-corrected chi connectivity index (χ4v) is 2.23. The topological polar surface area (TPSA) is 54.4 Å². The molecule has 25 heavy (non-hydrogen) atoms. The van der Waals surface area contributed by atoms with Crippen molar-refractivity contribution < 1.29 is 14.7 Å². The van der Waals surface area contributed by atoms with Gasteiger partial charge in [-0.25, -0.2) is 0 Å². The Balaban J connectivity index is 0.000000705. The number of hydrogen-bond donors (Lipinski definition) is 1. The van der Waals surface area contributed by atoms with Crippen LogP contribution in [0.2, 0.25) is 0 Å². The zero-order chi connectivity index (χ0) is 18.7. The summed E-state index contributed by atoms with van der Waals surface area (Å²) in [7, 11) is 0. The summed E-state index contributed by atoms with van der Waals surface area (Å²) < 4.78 is 0. The first-order valence-corrected chi connectivity index (χ1v) is 8.28. The van der Waals surface area contributed by atoms with Crippen LogP contribution in [0, 0.1) is 17.8 Å². The summed E-state index contributed by atoms with van der Waals surface area (Å²) in [6.45, 7) is 5.42. The van der Waals surface area contributed by atoms with Crippen molar-refractivity contribution in [3.63, 3.8) is 0 Å². The van der Waals surface area contributed by atoms with Gasteiger partial charge < -0.3 is 5.11 Å². The molecule has 0 spiro atoms. The van der Waals surface area contributed by atoms with Gasteiger partial charge >= 0.3 is 5.97 Å². The third-order valence-electron chi connectivity index (χ3n) is 3.84. The van der Waals surface area contributed by atoms with Crippen molar-refractivity contribution in [1.29, 1.82) is 0 Å². The average Bonchev–Trinajstić information content (AvgIpc) is 2.66. The van der Waals surface area contributed by atoms with Crippen molar-refractivity contribution in [2.75, 3.05) is 0 Å². The lowest BCUT2D eigenvalue weighted by Crippen LogP contribution is -2.17. The summed E-state index contributed by atoms with van der Waals surface area (Å²) in [6.07, 6.45) is 0.514. The fraction of sp³-hybridized carbons (Fsp3) is 0.273. The van der Waals surface area contributed by atoms with Gasteiger partial charge in [0.15, 0.2) is 5.78 Å². The van der Waals surface area contributed by atoms with Gasteiger partial charge in [0, 0.05) is 12.0 Å². The summed E-state index contributed by atoms with van der Waals surface area (Å²) in [4.78, 5) is 23.1. The normalized spacial score (nSPS) is 10.5. The molecule has 0 aliphatic heterocycles. The molecule has 0 aromatic heterocycles. The molecule has 0 saturated carbocycles. The standard InChI is InChI=1S/C18H18O3.C4H6/c1-2-13(18(20)21)12-17(19)16-10-8-15(9-11-16)14-6-4-3-5-7-14;1-3-4-2/h3-11,13H,2,12H2,1H3,(H,20,21);1-2H3. The minimum absolute atomic E-state index is 0.0521. The molecular weight excluding hydrogens is 312 g/mol. The molecule has 1 N–H and O–H groups in total. The molecule has 0 bridgehead atoms. The van der Waals surface area contributed by atoms with E-state index in [0.29, 0.717) is 12.0 Å². The highest BCUT2D eigenvalue weighted by atomic mass is 16.4. The Labute approximate surface area is 149 Å². The second kappa shape index (κ2) is 10.8. The lowest BCUT2D eigenvalue weighted by atomic mass is 9.95. The van der Waals surface area contributed by atoms with Crippen LogP contribution in [-0.2, 0) is 4.79 Å². The van der Waals surface area contributed by atoms with E-state index in [2.05, 4.69) is 11.8 Å². The number of carboxylic acids is 1. The van der Waals surface area contributed by atoms with Gasteiger partial charge in [0.25, 0.3) is 0 Å². The van der Waals surface area contributed by atoms with Crippen molar-refractivity contribution in [2.24, 2.45) is 5.92 Å². The van der Waals surface area contributed by atoms with Crippen LogP contribution in [0.5, 0.6) is 0 Å². The zero-order valence-corrected chi connectivity index (χ0v) is 15.0.